The molecule has 1 aliphatic rings. The average Bonchev–Trinajstić information content (AvgIpc) is 2.76. The molecule has 1 aliphatic carbocycles. The third-order valence-electron chi connectivity index (χ3n) is 3.04. The largest absolute Gasteiger partial charge is 0.481 e. The Balaban J connectivity index is 2.15. The molecule has 1 fully saturated rings. The van der Waals surface area contributed by atoms with Gasteiger partial charge < -0.3 is 15.3 Å². The number of rotatable bonds is 5. The van der Waals surface area contributed by atoms with E-state index in [-0.39, 0.29) is 12.5 Å². The number of hydrogen-bond donors (Lipinski definition) is 2. The maximum absolute atomic E-state index is 11.6. The molecule has 16 heavy (non-hydrogen) atoms. The molecule has 0 bridgehead atoms. The normalized spacial score (nSPS) is 16.1. The molecule has 2 N–H and O–H groups in total. The first-order valence-electron chi connectivity index (χ1n) is 5.83. The number of nitrogens with one attached hydrogen (secondary N) is 1. The summed E-state index contributed by atoms with van der Waals surface area (Å²) in [5.74, 6) is -0.821. The van der Waals surface area contributed by atoms with Crippen molar-refractivity contribution in [3.63, 3.8) is 0 Å². The summed E-state index contributed by atoms with van der Waals surface area (Å²) < 4.78 is 0. The van der Waals surface area contributed by atoms with E-state index in [2.05, 4.69) is 5.32 Å². The van der Waals surface area contributed by atoms with Crippen LogP contribution in [0.15, 0.2) is 0 Å². The number of aliphatic carboxylic acids is 1. The van der Waals surface area contributed by atoms with Gasteiger partial charge in [0.2, 0.25) is 0 Å². The van der Waals surface area contributed by atoms with Gasteiger partial charge in [0, 0.05) is 26.1 Å². The molecule has 0 spiro atoms. The highest BCUT2D eigenvalue weighted by molar-refractivity contribution is 5.74. The third kappa shape index (κ3) is 4.08. The van der Waals surface area contributed by atoms with Gasteiger partial charge in [-0.05, 0) is 19.3 Å². The monoisotopic (exact) mass is 228 g/mol. The van der Waals surface area contributed by atoms with Crippen LogP contribution in [0.5, 0.6) is 0 Å². The molecule has 0 aliphatic heterocycles. The molecule has 0 aromatic heterocycles. The second-order valence-corrected chi connectivity index (χ2v) is 4.28. The Kier molecular flexibility index (Phi) is 5.08. The zero-order valence-corrected chi connectivity index (χ0v) is 9.74. The number of carbonyl (C=O) groups is 2. The summed E-state index contributed by atoms with van der Waals surface area (Å²) >= 11 is 0. The molecule has 1 rings (SSSR count). The van der Waals surface area contributed by atoms with Crippen LogP contribution < -0.4 is 5.32 Å². The number of carboxylic acid groups (broad SMARTS) is 1. The fraction of sp³-hybridized carbons (Fsp3) is 0.818. The summed E-state index contributed by atoms with van der Waals surface area (Å²) in [7, 11) is 1.81. The van der Waals surface area contributed by atoms with Crippen LogP contribution in [0.25, 0.3) is 0 Å². The lowest BCUT2D eigenvalue weighted by molar-refractivity contribution is -0.137. The Bertz CT molecular complexity index is 250. The maximum atomic E-state index is 11.6. The molecular weight excluding hydrogens is 208 g/mol. The Hall–Kier alpha value is -1.26. The highest BCUT2D eigenvalue weighted by atomic mass is 16.4. The third-order valence-corrected chi connectivity index (χ3v) is 3.04. The molecule has 5 heteroatoms. The van der Waals surface area contributed by atoms with Gasteiger partial charge in [-0.25, -0.2) is 4.79 Å². The zero-order chi connectivity index (χ0) is 12.0. The quantitative estimate of drug-likeness (QED) is 0.699. The van der Waals surface area contributed by atoms with Crippen LogP contribution in [0.4, 0.5) is 4.79 Å². The van der Waals surface area contributed by atoms with E-state index < -0.39 is 5.97 Å². The number of nitrogens with zero attached hydrogens (tertiary/aromatic N) is 1. The average molecular weight is 228 g/mol. The van der Waals surface area contributed by atoms with Crippen LogP contribution >= 0.6 is 0 Å². The van der Waals surface area contributed by atoms with Crippen molar-refractivity contribution < 1.29 is 14.7 Å². The van der Waals surface area contributed by atoms with Crippen LogP contribution in [0.1, 0.15) is 38.5 Å². The maximum Gasteiger partial charge on any atom is 0.317 e. The molecule has 5 nitrogen and oxygen atoms in total. The molecular formula is C11H20N2O3. The van der Waals surface area contributed by atoms with Crippen molar-refractivity contribution in [2.45, 2.75) is 44.6 Å². The first-order valence-corrected chi connectivity index (χ1v) is 5.83. The zero-order valence-electron chi connectivity index (χ0n) is 9.74. The molecule has 0 saturated heterocycles. The van der Waals surface area contributed by atoms with Crippen molar-refractivity contribution in [2.75, 3.05) is 13.6 Å². The van der Waals surface area contributed by atoms with E-state index >= 15 is 0 Å². The summed E-state index contributed by atoms with van der Waals surface area (Å²) in [6, 6.07) is 0.275. The van der Waals surface area contributed by atoms with Gasteiger partial charge in [0.1, 0.15) is 0 Å². The second-order valence-electron chi connectivity index (χ2n) is 4.28. The minimum Gasteiger partial charge on any atom is -0.481 e. The van der Waals surface area contributed by atoms with Gasteiger partial charge >= 0.3 is 12.0 Å². The lowest BCUT2D eigenvalue weighted by atomic mass is 10.2. The Labute approximate surface area is 95.8 Å². The van der Waals surface area contributed by atoms with Crippen LogP contribution in [0.2, 0.25) is 0 Å². The van der Waals surface area contributed by atoms with Gasteiger partial charge in [-0.15, -0.1) is 0 Å². The van der Waals surface area contributed by atoms with Gasteiger partial charge in [-0.1, -0.05) is 12.8 Å². The van der Waals surface area contributed by atoms with Crippen molar-refractivity contribution >= 4 is 12.0 Å². The van der Waals surface area contributed by atoms with Gasteiger partial charge in [-0.3, -0.25) is 4.79 Å². The van der Waals surface area contributed by atoms with Crippen LogP contribution in [0.3, 0.4) is 0 Å². The first kappa shape index (κ1) is 12.8. The number of urea groups is 1. The molecule has 0 radical (unpaired) electrons. The minimum atomic E-state index is -0.821. The number of carbonyl (C=O) groups excluding carboxylic acids is 1. The van der Waals surface area contributed by atoms with Gasteiger partial charge in [0.25, 0.3) is 0 Å². The topological polar surface area (TPSA) is 69.6 Å². The fourth-order valence-electron chi connectivity index (χ4n) is 2.02. The summed E-state index contributed by atoms with van der Waals surface area (Å²) in [4.78, 5) is 23.6. The van der Waals surface area contributed by atoms with E-state index in [0.717, 1.165) is 12.8 Å². The lowest BCUT2D eigenvalue weighted by Crippen LogP contribution is -2.42. The van der Waals surface area contributed by atoms with E-state index in [1.165, 1.54) is 12.8 Å². The van der Waals surface area contributed by atoms with Gasteiger partial charge in [-0.2, -0.15) is 0 Å². The van der Waals surface area contributed by atoms with E-state index in [0.29, 0.717) is 19.0 Å². The molecule has 0 aromatic carbocycles. The molecule has 2 amide bonds. The van der Waals surface area contributed by atoms with Crippen molar-refractivity contribution in [3.8, 4) is 0 Å². The summed E-state index contributed by atoms with van der Waals surface area (Å²) in [5, 5.41) is 11.2. The van der Waals surface area contributed by atoms with Crippen LogP contribution in [-0.2, 0) is 4.79 Å². The lowest BCUT2D eigenvalue weighted by Gasteiger charge is -2.24. The van der Waals surface area contributed by atoms with Gasteiger partial charge in [0.05, 0.1) is 0 Å². The first-order chi connectivity index (χ1) is 7.61. The summed E-state index contributed by atoms with van der Waals surface area (Å²) in [6.07, 6.45) is 5.15. The number of hydrogen-bond acceptors (Lipinski definition) is 2. The highest BCUT2D eigenvalue weighted by Crippen LogP contribution is 2.22. The Morgan fingerprint density at radius 2 is 2.00 bits per heavy atom. The van der Waals surface area contributed by atoms with E-state index in [1.807, 2.05) is 7.05 Å². The SMILES string of the molecule is CN(C(=O)NCCCC(=O)O)C1CCCC1. The smallest absolute Gasteiger partial charge is 0.317 e. The fourth-order valence-corrected chi connectivity index (χ4v) is 2.02. The van der Waals surface area contributed by atoms with Crippen molar-refractivity contribution in [1.82, 2.24) is 10.2 Å². The van der Waals surface area contributed by atoms with Gasteiger partial charge in [0.15, 0.2) is 0 Å². The second kappa shape index (κ2) is 6.35. The molecule has 0 atom stereocenters. The molecule has 92 valence electrons. The number of carboxylic acids is 1. The van der Waals surface area contributed by atoms with Crippen LogP contribution in [0, 0.1) is 0 Å². The predicted octanol–water partition coefficient (Wildman–Crippen LogP) is 1.44. The summed E-state index contributed by atoms with van der Waals surface area (Å²) in [5.41, 5.74) is 0. The summed E-state index contributed by atoms with van der Waals surface area (Å²) in [6.45, 7) is 0.433. The van der Waals surface area contributed by atoms with E-state index in [9.17, 15) is 9.59 Å². The van der Waals surface area contributed by atoms with Crippen molar-refractivity contribution in [2.24, 2.45) is 0 Å². The molecule has 0 aromatic rings. The van der Waals surface area contributed by atoms with Crippen molar-refractivity contribution in [1.29, 1.82) is 0 Å². The molecule has 1 saturated carbocycles. The Morgan fingerprint density at radius 1 is 1.38 bits per heavy atom. The predicted molar refractivity (Wildman–Crippen MR) is 60.3 cm³/mol. The highest BCUT2D eigenvalue weighted by Gasteiger charge is 2.22. The van der Waals surface area contributed by atoms with Crippen molar-refractivity contribution in [3.05, 3.63) is 0 Å². The molecule has 0 unspecified atom stereocenters. The number of amides is 2. The standard InChI is InChI=1S/C11H20N2O3/c1-13(9-5-2-3-6-9)11(16)12-8-4-7-10(14)15/h9H,2-8H2,1H3,(H,12,16)(H,14,15). The van der Waals surface area contributed by atoms with E-state index in [4.69, 9.17) is 5.11 Å². The van der Waals surface area contributed by atoms with E-state index in [1.54, 1.807) is 4.90 Å². The minimum absolute atomic E-state index is 0.0858. The Morgan fingerprint density at radius 3 is 2.56 bits per heavy atom. The molecule has 0 heterocycles. The van der Waals surface area contributed by atoms with Crippen LogP contribution in [-0.4, -0.2) is 41.6 Å².